The lowest BCUT2D eigenvalue weighted by atomic mass is 9.81. The SMILES string of the molecule is CC(C)(C)OC(=O)N1c2ccccc2C(=O)C(C(=O)O)C1Cc1ccccc1. The fraction of sp³-hybridized carbons (Fsp3) is 0.318. The van der Waals surface area contributed by atoms with Crippen LogP contribution in [0.5, 0.6) is 0 Å². The Balaban J connectivity index is 2.13. The van der Waals surface area contributed by atoms with E-state index in [0.29, 0.717) is 5.69 Å². The van der Waals surface area contributed by atoms with Gasteiger partial charge in [0.05, 0.1) is 11.7 Å². The first-order valence-corrected chi connectivity index (χ1v) is 9.11. The molecule has 0 spiro atoms. The molecule has 0 aromatic heterocycles. The third-order valence-corrected chi connectivity index (χ3v) is 4.57. The fourth-order valence-electron chi connectivity index (χ4n) is 3.45. The van der Waals surface area contributed by atoms with Gasteiger partial charge in [0.2, 0.25) is 0 Å². The molecule has 0 bridgehead atoms. The quantitative estimate of drug-likeness (QED) is 0.814. The number of hydrogen-bond donors (Lipinski definition) is 1. The highest BCUT2D eigenvalue weighted by molar-refractivity contribution is 6.16. The molecule has 2 aromatic carbocycles. The van der Waals surface area contributed by atoms with E-state index in [2.05, 4.69) is 0 Å². The topological polar surface area (TPSA) is 83.9 Å². The van der Waals surface area contributed by atoms with Crippen LogP contribution in [0.15, 0.2) is 54.6 Å². The molecule has 1 amide bonds. The summed E-state index contributed by atoms with van der Waals surface area (Å²) < 4.78 is 5.55. The second-order valence-corrected chi connectivity index (χ2v) is 7.80. The molecule has 6 heteroatoms. The number of para-hydroxylation sites is 1. The number of carbonyl (C=O) groups excluding carboxylic acids is 2. The number of hydrogen-bond acceptors (Lipinski definition) is 4. The van der Waals surface area contributed by atoms with E-state index in [9.17, 15) is 19.5 Å². The average Bonchev–Trinajstić information content (AvgIpc) is 2.61. The van der Waals surface area contributed by atoms with Crippen molar-refractivity contribution in [2.45, 2.75) is 38.8 Å². The number of rotatable bonds is 3. The second-order valence-electron chi connectivity index (χ2n) is 7.80. The van der Waals surface area contributed by atoms with Gasteiger partial charge in [0.15, 0.2) is 5.78 Å². The summed E-state index contributed by atoms with van der Waals surface area (Å²) in [6, 6.07) is 14.9. The number of fused-ring (bicyclic) bond motifs is 1. The summed E-state index contributed by atoms with van der Waals surface area (Å²) in [6.45, 7) is 5.23. The number of carbonyl (C=O) groups is 3. The number of aliphatic carboxylic acids is 1. The van der Waals surface area contributed by atoms with Crippen molar-refractivity contribution in [1.82, 2.24) is 0 Å². The summed E-state index contributed by atoms with van der Waals surface area (Å²) in [5, 5.41) is 9.82. The molecule has 0 saturated carbocycles. The van der Waals surface area contributed by atoms with Crippen LogP contribution < -0.4 is 4.90 Å². The summed E-state index contributed by atoms with van der Waals surface area (Å²) in [5.74, 6) is -3.12. The first-order chi connectivity index (χ1) is 13.2. The zero-order valence-electron chi connectivity index (χ0n) is 16.1. The zero-order chi connectivity index (χ0) is 20.5. The normalized spacial score (nSPS) is 19.1. The van der Waals surface area contributed by atoms with Crippen LogP contribution >= 0.6 is 0 Å². The van der Waals surface area contributed by atoms with Crippen LogP contribution in [-0.2, 0) is 16.0 Å². The average molecular weight is 381 g/mol. The minimum Gasteiger partial charge on any atom is -0.481 e. The smallest absolute Gasteiger partial charge is 0.415 e. The Morgan fingerprint density at radius 2 is 1.64 bits per heavy atom. The van der Waals surface area contributed by atoms with E-state index in [4.69, 9.17) is 4.74 Å². The molecule has 1 heterocycles. The predicted octanol–water partition coefficient (Wildman–Crippen LogP) is 3.94. The number of amides is 1. The first kappa shape index (κ1) is 19.6. The molecule has 0 saturated heterocycles. The molecule has 2 unspecified atom stereocenters. The molecule has 0 fully saturated rings. The molecule has 1 aliphatic rings. The Morgan fingerprint density at radius 3 is 2.25 bits per heavy atom. The van der Waals surface area contributed by atoms with E-state index in [-0.39, 0.29) is 12.0 Å². The van der Waals surface area contributed by atoms with Gasteiger partial charge in [-0.2, -0.15) is 0 Å². The van der Waals surface area contributed by atoms with Crippen LogP contribution in [-0.4, -0.2) is 34.6 Å². The summed E-state index contributed by atoms with van der Waals surface area (Å²) >= 11 is 0. The maximum Gasteiger partial charge on any atom is 0.415 e. The molecule has 0 aliphatic carbocycles. The molecular weight excluding hydrogens is 358 g/mol. The molecule has 2 atom stereocenters. The lowest BCUT2D eigenvalue weighted by Gasteiger charge is -2.40. The van der Waals surface area contributed by atoms with Crippen LogP contribution in [0.2, 0.25) is 0 Å². The Labute approximate surface area is 163 Å². The van der Waals surface area contributed by atoms with Crippen molar-refractivity contribution in [3.8, 4) is 0 Å². The van der Waals surface area contributed by atoms with Crippen molar-refractivity contribution < 1.29 is 24.2 Å². The van der Waals surface area contributed by atoms with Crippen molar-refractivity contribution in [2.24, 2.45) is 5.92 Å². The molecule has 1 aliphatic heterocycles. The van der Waals surface area contributed by atoms with Crippen LogP contribution in [0.1, 0.15) is 36.7 Å². The van der Waals surface area contributed by atoms with Crippen molar-refractivity contribution in [1.29, 1.82) is 0 Å². The molecule has 3 rings (SSSR count). The minimum atomic E-state index is -1.37. The summed E-state index contributed by atoms with van der Waals surface area (Å²) in [4.78, 5) is 39.4. The van der Waals surface area contributed by atoms with Gasteiger partial charge in [-0.25, -0.2) is 4.79 Å². The highest BCUT2D eigenvalue weighted by atomic mass is 16.6. The van der Waals surface area contributed by atoms with Gasteiger partial charge in [-0.1, -0.05) is 42.5 Å². The predicted molar refractivity (Wildman–Crippen MR) is 105 cm³/mol. The molecule has 28 heavy (non-hydrogen) atoms. The van der Waals surface area contributed by atoms with Gasteiger partial charge in [0, 0.05) is 5.56 Å². The van der Waals surface area contributed by atoms with Crippen molar-refractivity contribution >= 4 is 23.5 Å². The summed E-state index contributed by atoms with van der Waals surface area (Å²) in [5.41, 5.74) is 0.661. The largest absolute Gasteiger partial charge is 0.481 e. The van der Waals surface area contributed by atoms with Crippen molar-refractivity contribution in [3.05, 3.63) is 65.7 Å². The molecule has 2 aromatic rings. The molecule has 0 radical (unpaired) electrons. The number of ketones is 1. The third-order valence-electron chi connectivity index (χ3n) is 4.57. The molecule has 1 N–H and O–H groups in total. The van der Waals surface area contributed by atoms with E-state index in [1.165, 1.54) is 4.90 Å². The Kier molecular flexibility index (Phi) is 5.23. The van der Waals surface area contributed by atoms with Crippen LogP contribution in [0.3, 0.4) is 0 Å². The van der Waals surface area contributed by atoms with E-state index < -0.39 is 35.4 Å². The maximum absolute atomic E-state index is 13.1. The van der Waals surface area contributed by atoms with Gasteiger partial charge in [0.25, 0.3) is 0 Å². The zero-order valence-corrected chi connectivity index (χ0v) is 16.1. The van der Waals surface area contributed by atoms with Gasteiger partial charge in [-0.05, 0) is 44.9 Å². The van der Waals surface area contributed by atoms with E-state index in [1.807, 2.05) is 30.3 Å². The number of benzene rings is 2. The lowest BCUT2D eigenvalue weighted by Crippen LogP contribution is -2.55. The molecule has 146 valence electrons. The highest BCUT2D eigenvalue weighted by Crippen LogP contribution is 2.36. The Morgan fingerprint density at radius 1 is 1.04 bits per heavy atom. The number of carboxylic acids is 1. The number of ether oxygens (including phenoxy) is 1. The van der Waals surface area contributed by atoms with E-state index in [0.717, 1.165) is 5.56 Å². The van der Waals surface area contributed by atoms with Gasteiger partial charge in [0.1, 0.15) is 11.5 Å². The van der Waals surface area contributed by atoms with Gasteiger partial charge < -0.3 is 9.84 Å². The molecular formula is C22H23NO5. The van der Waals surface area contributed by atoms with E-state index >= 15 is 0 Å². The lowest BCUT2D eigenvalue weighted by molar-refractivity contribution is -0.140. The van der Waals surface area contributed by atoms with Crippen LogP contribution in [0, 0.1) is 5.92 Å². The second kappa shape index (κ2) is 7.46. The number of anilines is 1. The van der Waals surface area contributed by atoms with E-state index in [1.54, 1.807) is 45.0 Å². The Hall–Kier alpha value is -3.15. The number of Topliss-reactive ketones (excluding diaryl/α,β-unsaturated/α-hetero) is 1. The van der Waals surface area contributed by atoms with Crippen LogP contribution in [0.4, 0.5) is 10.5 Å². The maximum atomic E-state index is 13.1. The number of carboxylic acid groups (broad SMARTS) is 1. The Bertz CT molecular complexity index is 901. The number of nitrogens with zero attached hydrogens (tertiary/aromatic N) is 1. The first-order valence-electron chi connectivity index (χ1n) is 9.11. The standard InChI is InChI=1S/C22H23NO5/c1-22(2,3)28-21(27)23-16-12-8-7-11-15(16)19(24)18(20(25)26)17(23)13-14-9-5-4-6-10-14/h4-12,17-18H,13H2,1-3H3,(H,25,26). The summed E-state index contributed by atoms with van der Waals surface area (Å²) in [6.07, 6.45) is -0.448. The van der Waals surface area contributed by atoms with Crippen molar-refractivity contribution in [3.63, 3.8) is 0 Å². The summed E-state index contributed by atoms with van der Waals surface area (Å²) in [7, 11) is 0. The van der Waals surface area contributed by atoms with Gasteiger partial charge >= 0.3 is 12.1 Å². The van der Waals surface area contributed by atoms with Gasteiger partial charge in [-0.3, -0.25) is 14.5 Å². The highest BCUT2D eigenvalue weighted by Gasteiger charge is 2.47. The third kappa shape index (κ3) is 3.91. The van der Waals surface area contributed by atoms with Crippen LogP contribution in [0.25, 0.3) is 0 Å². The van der Waals surface area contributed by atoms with Gasteiger partial charge in [-0.15, -0.1) is 0 Å². The van der Waals surface area contributed by atoms with Crippen molar-refractivity contribution in [2.75, 3.05) is 4.90 Å². The monoisotopic (exact) mass is 381 g/mol. The minimum absolute atomic E-state index is 0.213. The molecule has 6 nitrogen and oxygen atoms in total. The fourth-order valence-corrected chi connectivity index (χ4v) is 3.45.